The van der Waals surface area contributed by atoms with Gasteiger partial charge in [-0.2, -0.15) is 0 Å². The molecule has 0 radical (unpaired) electrons. The van der Waals surface area contributed by atoms with Crippen molar-refractivity contribution >= 4 is 6.09 Å². The van der Waals surface area contributed by atoms with Crippen LogP contribution >= 0.6 is 0 Å². The maximum atomic E-state index is 12.1. The number of fused-ring (bicyclic) bond motifs is 1. The Morgan fingerprint density at radius 3 is 2.61 bits per heavy atom. The van der Waals surface area contributed by atoms with E-state index in [-0.39, 0.29) is 12.1 Å². The summed E-state index contributed by atoms with van der Waals surface area (Å²) in [5.41, 5.74) is 6.86. The van der Waals surface area contributed by atoms with Gasteiger partial charge in [-0.15, -0.1) is 0 Å². The number of likely N-dealkylation sites (tertiary alicyclic amines) is 1. The molecule has 6 heteroatoms. The maximum Gasteiger partial charge on any atom is 0.410 e. The average molecular weight is 320 g/mol. The maximum absolute atomic E-state index is 12.1. The molecule has 1 aromatic heterocycles. The molecule has 23 heavy (non-hydrogen) atoms. The molecular weight excluding hydrogens is 292 g/mol. The number of nitrogens with two attached hydrogens (primary N) is 1. The summed E-state index contributed by atoms with van der Waals surface area (Å²) >= 11 is 0. The van der Waals surface area contributed by atoms with Crippen LogP contribution in [0.1, 0.15) is 57.5 Å². The second kappa shape index (κ2) is 6.15. The first-order chi connectivity index (χ1) is 10.8. The first-order valence-corrected chi connectivity index (χ1v) is 8.61. The van der Waals surface area contributed by atoms with Gasteiger partial charge >= 0.3 is 6.09 Å². The van der Waals surface area contributed by atoms with Crippen LogP contribution in [-0.2, 0) is 17.7 Å². The molecule has 0 spiro atoms. The van der Waals surface area contributed by atoms with Gasteiger partial charge in [0.25, 0.3) is 0 Å². The summed E-state index contributed by atoms with van der Waals surface area (Å²) < 4.78 is 7.80. The van der Waals surface area contributed by atoms with Gasteiger partial charge in [0.05, 0.1) is 0 Å². The standard InChI is InChI=1S/C17H28N4O2/c1-17(2,3)23-16(22)20-7-4-12(5-8-20)15-19-11-14-10-13(18)6-9-21(14)15/h11-13H,4-10,18H2,1-3H3. The molecule has 0 saturated carbocycles. The van der Waals surface area contributed by atoms with Gasteiger partial charge in [0.1, 0.15) is 11.4 Å². The molecule has 1 amide bonds. The number of carbonyl (C=O) groups is 1. The molecule has 2 aliphatic rings. The van der Waals surface area contributed by atoms with E-state index in [1.807, 2.05) is 31.9 Å². The third-order valence-corrected chi connectivity index (χ3v) is 4.68. The minimum atomic E-state index is -0.436. The molecule has 3 rings (SSSR count). The van der Waals surface area contributed by atoms with Crippen LogP contribution in [0.3, 0.4) is 0 Å². The van der Waals surface area contributed by atoms with Crippen LogP contribution in [0.2, 0.25) is 0 Å². The molecule has 2 aliphatic heterocycles. The largest absolute Gasteiger partial charge is 0.444 e. The third-order valence-electron chi connectivity index (χ3n) is 4.68. The molecule has 1 saturated heterocycles. The SMILES string of the molecule is CC(C)(C)OC(=O)N1CCC(c2ncc3n2CCC(N)C3)CC1. The van der Waals surface area contributed by atoms with E-state index in [0.717, 1.165) is 45.3 Å². The fraction of sp³-hybridized carbons (Fsp3) is 0.765. The highest BCUT2D eigenvalue weighted by Gasteiger charge is 2.30. The Morgan fingerprint density at radius 2 is 1.96 bits per heavy atom. The normalized spacial score (nSPS) is 22.8. The Kier molecular flexibility index (Phi) is 4.36. The van der Waals surface area contributed by atoms with E-state index in [4.69, 9.17) is 10.5 Å². The number of amides is 1. The molecule has 1 unspecified atom stereocenters. The molecule has 1 fully saturated rings. The minimum absolute atomic E-state index is 0.202. The number of hydrogen-bond donors (Lipinski definition) is 1. The summed E-state index contributed by atoms with van der Waals surface area (Å²) in [6, 6.07) is 0.265. The molecule has 3 heterocycles. The van der Waals surface area contributed by atoms with E-state index in [2.05, 4.69) is 9.55 Å². The lowest BCUT2D eigenvalue weighted by atomic mass is 9.95. The molecule has 6 nitrogen and oxygen atoms in total. The lowest BCUT2D eigenvalue weighted by Gasteiger charge is -2.34. The van der Waals surface area contributed by atoms with Gasteiger partial charge in [-0.1, -0.05) is 0 Å². The lowest BCUT2D eigenvalue weighted by Crippen LogP contribution is -2.41. The van der Waals surface area contributed by atoms with Crippen molar-refractivity contribution in [3.63, 3.8) is 0 Å². The van der Waals surface area contributed by atoms with E-state index in [1.165, 1.54) is 11.5 Å². The van der Waals surface area contributed by atoms with Gasteiger partial charge in [0.2, 0.25) is 0 Å². The number of imidazole rings is 1. The molecular formula is C17H28N4O2. The molecule has 128 valence electrons. The quantitative estimate of drug-likeness (QED) is 0.861. The fourth-order valence-corrected chi connectivity index (χ4v) is 3.49. The summed E-state index contributed by atoms with van der Waals surface area (Å²) in [7, 11) is 0. The van der Waals surface area contributed by atoms with Gasteiger partial charge < -0.3 is 19.9 Å². The monoisotopic (exact) mass is 320 g/mol. The van der Waals surface area contributed by atoms with Gasteiger partial charge in [0.15, 0.2) is 0 Å². The summed E-state index contributed by atoms with van der Waals surface area (Å²) in [6.07, 6.45) is 5.61. The van der Waals surface area contributed by atoms with Crippen molar-refractivity contribution in [2.24, 2.45) is 5.73 Å². The van der Waals surface area contributed by atoms with Crippen LogP contribution in [0, 0.1) is 0 Å². The predicted molar refractivity (Wildman–Crippen MR) is 88.3 cm³/mol. The van der Waals surface area contributed by atoms with Crippen LogP contribution in [0.25, 0.3) is 0 Å². The van der Waals surface area contributed by atoms with Gasteiger partial charge in [0, 0.05) is 49.9 Å². The number of nitrogens with zero attached hydrogens (tertiary/aromatic N) is 3. The topological polar surface area (TPSA) is 73.4 Å². The molecule has 0 aliphatic carbocycles. The lowest BCUT2D eigenvalue weighted by molar-refractivity contribution is 0.0202. The zero-order valence-electron chi connectivity index (χ0n) is 14.4. The van der Waals surface area contributed by atoms with E-state index in [0.29, 0.717) is 5.92 Å². The smallest absolute Gasteiger partial charge is 0.410 e. The average Bonchev–Trinajstić information content (AvgIpc) is 2.88. The Hall–Kier alpha value is -1.56. The Labute approximate surface area is 138 Å². The molecule has 2 N–H and O–H groups in total. The highest BCUT2D eigenvalue weighted by atomic mass is 16.6. The van der Waals surface area contributed by atoms with Crippen LogP contribution in [-0.4, -0.2) is 45.3 Å². The van der Waals surface area contributed by atoms with Gasteiger partial charge in [-0.05, 0) is 40.0 Å². The number of ether oxygens (including phenoxy) is 1. The van der Waals surface area contributed by atoms with Crippen LogP contribution in [0.15, 0.2) is 6.20 Å². The number of hydrogen-bond acceptors (Lipinski definition) is 4. The summed E-state index contributed by atoms with van der Waals surface area (Å²) in [5.74, 6) is 1.60. The van der Waals surface area contributed by atoms with Crippen molar-refractivity contribution in [2.45, 2.75) is 70.6 Å². The minimum Gasteiger partial charge on any atom is -0.444 e. The fourth-order valence-electron chi connectivity index (χ4n) is 3.49. The zero-order chi connectivity index (χ0) is 16.6. The van der Waals surface area contributed by atoms with Crippen molar-refractivity contribution in [3.05, 3.63) is 17.7 Å². The van der Waals surface area contributed by atoms with E-state index in [1.54, 1.807) is 0 Å². The first kappa shape index (κ1) is 16.3. The van der Waals surface area contributed by atoms with Crippen molar-refractivity contribution in [1.82, 2.24) is 14.5 Å². The van der Waals surface area contributed by atoms with E-state index < -0.39 is 5.60 Å². The number of carbonyl (C=O) groups excluding carboxylic acids is 1. The second-order valence-corrected chi connectivity index (χ2v) is 7.75. The first-order valence-electron chi connectivity index (χ1n) is 8.61. The van der Waals surface area contributed by atoms with Crippen molar-refractivity contribution in [1.29, 1.82) is 0 Å². The Morgan fingerprint density at radius 1 is 1.26 bits per heavy atom. The van der Waals surface area contributed by atoms with Gasteiger partial charge in [-0.25, -0.2) is 9.78 Å². The Bertz CT molecular complexity index is 568. The zero-order valence-corrected chi connectivity index (χ0v) is 14.4. The molecule has 1 atom stereocenters. The summed E-state index contributed by atoms with van der Waals surface area (Å²) in [6.45, 7) is 8.15. The van der Waals surface area contributed by atoms with E-state index >= 15 is 0 Å². The van der Waals surface area contributed by atoms with Crippen molar-refractivity contribution in [2.75, 3.05) is 13.1 Å². The molecule has 0 bridgehead atoms. The predicted octanol–water partition coefficient (Wildman–Crippen LogP) is 2.27. The molecule has 1 aromatic rings. The second-order valence-electron chi connectivity index (χ2n) is 7.75. The summed E-state index contributed by atoms with van der Waals surface area (Å²) in [5, 5.41) is 0. The van der Waals surface area contributed by atoms with Crippen LogP contribution < -0.4 is 5.73 Å². The van der Waals surface area contributed by atoms with Crippen LogP contribution in [0.4, 0.5) is 4.79 Å². The number of rotatable bonds is 1. The van der Waals surface area contributed by atoms with Crippen LogP contribution in [0.5, 0.6) is 0 Å². The number of aromatic nitrogens is 2. The third kappa shape index (κ3) is 3.68. The highest BCUT2D eigenvalue weighted by Crippen LogP contribution is 2.30. The Balaban J connectivity index is 1.61. The summed E-state index contributed by atoms with van der Waals surface area (Å²) in [4.78, 5) is 18.6. The number of piperidine rings is 1. The van der Waals surface area contributed by atoms with Gasteiger partial charge in [-0.3, -0.25) is 0 Å². The van der Waals surface area contributed by atoms with Crippen molar-refractivity contribution < 1.29 is 9.53 Å². The van der Waals surface area contributed by atoms with E-state index in [9.17, 15) is 4.79 Å². The highest BCUT2D eigenvalue weighted by molar-refractivity contribution is 5.68. The molecule has 0 aromatic carbocycles. The van der Waals surface area contributed by atoms with Crippen molar-refractivity contribution in [3.8, 4) is 0 Å².